The van der Waals surface area contributed by atoms with Crippen LogP contribution in [0.3, 0.4) is 0 Å². The monoisotopic (exact) mass is 369 g/mol. The summed E-state index contributed by atoms with van der Waals surface area (Å²) in [5.74, 6) is 1.63. The van der Waals surface area contributed by atoms with Crippen molar-refractivity contribution in [2.75, 3.05) is 20.2 Å². The Morgan fingerprint density at radius 3 is 2.81 bits per heavy atom. The van der Waals surface area contributed by atoms with Crippen molar-refractivity contribution in [3.63, 3.8) is 0 Å². The molecule has 2 heterocycles. The molecule has 0 spiro atoms. The number of benzene rings is 2. The van der Waals surface area contributed by atoms with Crippen LogP contribution >= 0.6 is 11.6 Å². The number of nitrogens with zero attached hydrogens (tertiary/aromatic N) is 1. The fraction of sp³-hybridized carbons (Fsp3) is 0.250. The Morgan fingerprint density at radius 2 is 2.04 bits per heavy atom. The third kappa shape index (κ3) is 3.04. The fourth-order valence-electron chi connectivity index (χ4n) is 3.18. The van der Waals surface area contributed by atoms with E-state index >= 15 is 0 Å². The maximum absolute atomic E-state index is 6.26. The molecule has 5 nitrogen and oxygen atoms in total. The average Bonchev–Trinajstić information content (AvgIpc) is 3.29. The van der Waals surface area contributed by atoms with Gasteiger partial charge in [0.25, 0.3) is 0 Å². The molecule has 1 aromatic heterocycles. The van der Waals surface area contributed by atoms with Crippen LogP contribution in [0, 0.1) is 0 Å². The van der Waals surface area contributed by atoms with E-state index in [-0.39, 0.29) is 6.29 Å². The lowest BCUT2D eigenvalue weighted by atomic mass is 10.0. The number of H-pyrrole nitrogens is 1. The molecule has 1 aliphatic heterocycles. The van der Waals surface area contributed by atoms with Crippen LogP contribution < -0.4 is 10.1 Å². The summed E-state index contributed by atoms with van der Waals surface area (Å²) in [5.41, 5.74) is 3.93. The highest BCUT2D eigenvalue weighted by Gasteiger charge is 2.22. The first kappa shape index (κ1) is 16.9. The predicted molar refractivity (Wildman–Crippen MR) is 105 cm³/mol. The topological polar surface area (TPSA) is 58.6 Å². The number of halogens is 1. The van der Waals surface area contributed by atoms with Gasteiger partial charge in [0.05, 0.1) is 17.8 Å². The van der Waals surface area contributed by atoms with Gasteiger partial charge in [-0.15, -0.1) is 0 Å². The van der Waals surface area contributed by atoms with Crippen LogP contribution in [0.1, 0.15) is 12.5 Å². The molecule has 1 unspecified atom stereocenters. The molecule has 3 aromatic rings. The summed E-state index contributed by atoms with van der Waals surface area (Å²) in [5, 5.41) is 5.11. The zero-order valence-corrected chi connectivity index (χ0v) is 15.4. The number of amidine groups is 1. The maximum atomic E-state index is 6.26. The fourth-order valence-corrected chi connectivity index (χ4v) is 3.35. The molecule has 26 heavy (non-hydrogen) atoms. The van der Waals surface area contributed by atoms with Crippen LogP contribution in [-0.4, -0.2) is 37.3 Å². The minimum absolute atomic E-state index is 0.347. The van der Waals surface area contributed by atoms with E-state index in [9.17, 15) is 0 Å². The number of methoxy groups -OCH3 is 1. The van der Waals surface area contributed by atoms with Crippen LogP contribution in [0.5, 0.6) is 5.75 Å². The lowest BCUT2D eigenvalue weighted by Gasteiger charge is -2.16. The third-order valence-electron chi connectivity index (χ3n) is 4.45. The van der Waals surface area contributed by atoms with Gasteiger partial charge in [0.15, 0.2) is 6.29 Å². The molecule has 134 valence electrons. The second-order valence-electron chi connectivity index (χ2n) is 6.14. The Balaban J connectivity index is 1.94. The standard InChI is InChI=1S/C20H20ClN3O2/c1-12(25-2)26-17-6-4-3-5-14(17)19-18(20-22-9-10-23-20)15-11-13(21)7-8-16(15)24-19/h3-8,11-12,24H,9-10H2,1-2H3,(H,22,23). The molecule has 1 atom stereocenters. The molecule has 0 fully saturated rings. The average molecular weight is 370 g/mol. The number of nitrogens with one attached hydrogen (secondary N) is 2. The number of hydrogen-bond donors (Lipinski definition) is 2. The van der Waals surface area contributed by atoms with E-state index < -0.39 is 0 Å². The summed E-state index contributed by atoms with van der Waals surface area (Å²) in [6.07, 6.45) is -0.347. The largest absolute Gasteiger partial charge is 0.465 e. The highest BCUT2D eigenvalue weighted by atomic mass is 35.5. The van der Waals surface area contributed by atoms with Crippen molar-refractivity contribution in [1.82, 2.24) is 10.3 Å². The number of fused-ring (bicyclic) bond motifs is 1. The molecule has 0 radical (unpaired) electrons. The van der Waals surface area contributed by atoms with Crippen molar-refractivity contribution in [2.24, 2.45) is 4.99 Å². The molecule has 0 saturated heterocycles. The van der Waals surface area contributed by atoms with Crippen molar-refractivity contribution in [3.05, 3.63) is 53.1 Å². The Labute approximate surface area is 157 Å². The minimum atomic E-state index is -0.347. The van der Waals surface area contributed by atoms with E-state index in [2.05, 4.69) is 15.3 Å². The number of rotatable bonds is 5. The Hall–Kier alpha value is -2.50. The Morgan fingerprint density at radius 1 is 1.19 bits per heavy atom. The quantitative estimate of drug-likeness (QED) is 0.662. The smallest absolute Gasteiger partial charge is 0.196 e. The molecule has 0 amide bonds. The van der Waals surface area contributed by atoms with Gasteiger partial charge in [-0.25, -0.2) is 0 Å². The second kappa shape index (κ2) is 7.02. The number of ether oxygens (including phenoxy) is 2. The molecule has 2 aromatic carbocycles. The molecule has 0 saturated carbocycles. The first-order valence-electron chi connectivity index (χ1n) is 8.56. The van der Waals surface area contributed by atoms with E-state index in [1.54, 1.807) is 7.11 Å². The first-order chi connectivity index (χ1) is 12.7. The highest BCUT2D eigenvalue weighted by molar-refractivity contribution is 6.31. The van der Waals surface area contributed by atoms with Gasteiger partial charge in [0.2, 0.25) is 0 Å². The van der Waals surface area contributed by atoms with E-state index in [1.165, 1.54) is 0 Å². The molecule has 0 bridgehead atoms. The van der Waals surface area contributed by atoms with Crippen LogP contribution in [0.2, 0.25) is 5.02 Å². The van der Waals surface area contributed by atoms with Crippen LogP contribution in [0.25, 0.3) is 22.2 Å². The molecule has 6 heteroatoms. The zero-order chi connectivity index (χ0) is 18.1. The summed E-state index contributed by atoms with van der Waals surface area (Å²) >= 11 is 6.26. The third-order valence-corrected chi connectivity index (χ3v) is 4.69. The zero-order valence-electron chi connectivity index (χ0n) is 14.7. The van der Waals surface area contributed by atoms with Gasteiger partial charge >= 0.3 is 0 Å². The van der Waals surface area contributed by atoms with Crippen molar-refractivity contribution in [3.8, 4) is 17.0 Å². The molecule has 4 rings (SSSR count). The highest BCUT2D eigenvalue weighted by Crippen LogP contribution is 2.37. The summed E-state index contributed by atoms with van der Waals surface area (Å²) in [6.45, 7) is 3.47. The van der Waals surface area contributed by atoms with E-state index in [0.29, 0.717) is 5.02 Å². The van der Waals surface area contributed by atoms with Gasteiger partial charge in [-0.3, -0.25) is 4.99 Å². The van der Waals surface area contributed by atoms with E-state index in [1.807, 2.05) is 49.4 Å². The molecular formula is C20H20ClN3O2. The lowest BCUT2D eigenvalue weighted by Crippen LogP contribution is -2.20. The van der Waals surface area contributed by atoms with Crippen molar-refractivity contribution >= 4 is 28.3 Å². The Bertz CT molecular complexity index is 980. The van der Waals surface area contributed by atoms with Gasteiger partial charge < -0.3 is 19.8 Å². The van der Waals surface area contributed by atoms with Crippen LogP contribution in [0.15, 0.2) is 47.5 Å². The minimum Gasteiger partial charge on any atom is -0.465 e. The number of hydrogen-bond acceptors (Lipinski definition) is 4. The molecular weight excluding hydrogens is 350 g/mol. The van der Waals surface area contributed by atoms with Gasteiger partial charge in [0, 0.05) is 35.1 Å². The normalized spacial score (nSPS) is 15.0. The van der Waals surface area contributed by atoms with Gasteiger partial charge in [-0.05, 0) is 37.3 Å². The van der Waals surface area contributed by atoms with Gasteiger partial charge in [-0.1, -0.05) is 23.7 Å². The van der Waals surface area contributed by atoms with Crippen molar-refractivity contribution in [1.29, 1.82) is 0 Å². The molecule has 2 N–H and O–H groups in total. The summed E-state index contributed by atoms with van der Waals surface area (Å²) in [4.78, 5) is 8.14. The number of aliphatic imine (C=N–C) groups is 1. The summed E-state index contributed by atoms with van der Waals surface area (Å²) in [7, 11) is 1.63. The second-order valence-corrected chi connectivity index (χ2v) is 6.58. The van der Waals surface area contributed by atoms with Crippen LogP contribution in [0.4, 0.5) is 0 Å². The first-order valence-corrected chi connectivity index (χ1v) is 8.94. The molecule has 1 aliphatic rings. The van der Waals surface area contributed by atoms with E-state index in [4.69, 9.17) is 21.1 Å². The SMILES string of the molecule is COC(C)Oc1ccccc1-c1[nH]c2ccc(Cl)cc2c1C1=NCCN1. The summed E-state index contributed by atoms with van der Waals surface area (Å²) < 4.78 is 11.2. The summed E-state index contributed by atoms with van der Waals surface area (Å²) in [6, 6.07) is 13.8. The van der Waals surface area contributed by atoms with Crippen molar-refractivity contribution in [2.45, 2.75) is 13.2 Å². The van der Waals surface area contributed by atoms with Gasteiger partial charge in [0.1, 0.15) is 11.6 Å². The lowest BCUT2D eigenvalue weighted by molar-refractivity contribution is -0.0379. The van der Waals surface area contributed by atoms with E-state index in [0.717, 1.165) is 52.4 Å². The maximum Gasteiger partial charge on any atom is 0.196 e. The van der Waals surface area contributed by atoms with Crippen LogP contribution in [-0.2, 0) is 4.74 Å². The Kier molecular flexibility index (Phi) is 4.57. The number of aromatic nitrogens is 1. The van der Waals surface area contributed by atoms with Crippen molar-refractivity contribution < 1.29 is 9.47 Å². The van der Waals surface area contributed by atoms with Gasteiger partial charge in [-0.2, -0.15) is 0 Å². The number of para-hydroxylation sites is 1. The molecule has 0 aliphatic carbocycles. The number of aromatic amines is 1. The predicted octanol–water partition coefficient (Wildman–Crippen LogP) is 4.21.